The maximum absolute atomic E-state index is 14.5. The molecule has 1 atom stereocenters. The van der Waals surface area contributed by atoms with E-state index >= 15 is 0 Å². The maximum atomic E-state index is 14.5. The Morgan fingerprint density at radius 3 is 2.93 bits per heavy atom. The molecule has 3 aromatic rings. The number of halogens is 1. The Bertz CT molecular complexity index is 956. The highest BCUT2D eigenvalue weighted by molar-refractivity contribution is 5.97. The Morgan fingerprint density at radius 1 is 1.30 bits per heavy atom. The monoisotopic (exact) mass is 365 g/mol. The number of carbonyl (C=O) groups excluding carboxylic acids is 1. The average molecular weight is 365 g/mol. The van der Waals surface area contributed by atoms with Crippen LogP contribution in [0.2, 0.25) is 0 Å². The average Bonchev–Trinajstić information content (AvgIpc) is 3.33. The van der Waals surface area contributed by atoms with E-state index in [1.54, 1.807) is 36.5 Å². The zero-order chi connectivity index (χ0) is 18.8. The van der Waals surface area contributed by atoms with E-state index in [0.717, 1.165) is 17.7 Å². The van der Waals surface area contributed by atoms with Gasteiger partial charge in [0.2, 0.25) is 5.91 Å². The summed E-state index contributed by atoms with van der Waals surface area (Å²) in [5, 5.41) is 6.53. The number of ether oxygens (including phenoxy) is 1. The van der Waals surface area contributed by atoms with E-state index in [4.69, 9.17) is 4.74 Å². The van der Waals surface area contributed by atoms with Crippen LogP contribution in [0.25, 0.3) is 11.1 Å². The Balaban J connectivity index is 1.51. The van der Waals surface area contributed by atoms with Crippen molar-refractivity contribution >= 4 is 11.6 Å². The van der Waals surface area contributed by atoms with Crippen molar-refractivity contribution in [3.8, 4) is 16.9 Å². The quantitative estimate of drug-likeness (QED) is 0.748. The van der Waals surface area contributed by atoms with Gasteiger partial charge in [-0.05, 0) is 48.7 Å². The van der Waals surface area contributed by atoms with Crippen LogP contribution in [0.3, 0.4) is 0 Å². The summed E-state index contributed by atoms with van der Waals surface area (Å²) in [4.78, 5) is 14.5. The van der Waals surface area contributed by atoms with Gasteiger partial charge in [-0.1, -0.05) is 12.1 Å². The fraction of sp³-hybridized carbons (Fsp3) is 0.238. The van der Waals surface area contributed by atoms with E-state index in [1.807, 2.05) is 24.3 Å². The minimum atomic E-state index is -0.363. The molecule has 1 aliphatic heterocycles. The highest BCUT2D eigenvalue weighted by atomic mass is 19.1. The predicted octanol–water partition coefficient (Wildman–Crippen LogP) is 3.82. The SMILES string of the molecule is COc1cccc(CC2CCN(c3ccc(-c4cn[nH]c4)c(F)c3)C2=O)c1. The number of aromatic nitrogens is 2. The van der Waals surface area contributed by atoms with Crippen LogP contribution >= 0.6 is 0 Å². The first-order chi connectivity index (χ1) is 13.2. The number of benzene rings is 2. The van der Waals surface area contributed by atoms with Gasteiger partial charge in [0.25, 0.3) is 0 Å². The lowest BCUT2D eigenvalue weighted by atomic mass is 9.98. The number of hydrogen-bond donors (Lipinski definition) is 1. The Kier molecular flexibility index (Phi) is 4.62. The molecular weight excluding hydrogens is 345 g/mol. The molecule has 2 aromatic carbocycles. The number of methoxy groups -OCH3 is 1. The lowest BCUT2D eigenvalue weighted by Gasteiger charge is -2.18. The first-order valence-corrected chi connectivity index (χ1v) is 8.88. The standard InChI is InChI=1S/C21H20FN3O2/c1-27-18-4-2-3-14(10-18)9-15-7-8-25(21(15)26)17-5-6-19(20(22)11-17)16-12-23-24-13-16/h2-6,10-13,15H,7-9H2,1H3,(H,23,24). The second-order valence-electron chi connectivity index (χ2n) is 6.68. The topological polar surface area (TPSA) is 58.2 Å². The lowest BCUT2D eigenvalue weighted by molar-refractivity contribution is -0.120. The van der Waals surface area contributed by atoms with Crippen molar-refractivity contribution in [1.29, 1.82) is 0 Å². The van der Waals surface area contributed by atoms with Gasteiger partial charge >= 0.3 is 0 Å². The zero-order valence-electron chi connectivity index (χ0n) is 15.0. The van der Waals surface area contributed by atoms with Gasteiger partial charge in [0, 0.05) is 35.5 Å². The zero-order valence-corrected chi connectivity index (χ0v) is 15.0. The largest absolute Gasteiger partial charge is 0.497 e. The maximum Gasteiger partial charge on any atom is 0.230 e. The van der Waals surface area contributed by atoms with Gasteiger partial charge < -0.3 is 9.64 Å². The van der Waals surface area contributed by atoms with Gasteiger partial charge in [0.15, 0.2) is 0 Å². The number of rotatable bonds is 5. The van der Waals surface area contributed by atoms with E-state index in [0.29, 0.717) is 29.8 Å². The van der Waals surface area contributed by atoms with Crippen molar-refractivity contribution in [3.05, 3.63) is 66.2 Å². The molecule has 0 aliphatic carbocycles. The van der Waals surface area contributed by atoms with E-state index < -0.39 is 0 Å². The van der Waals surface area contributed by atoms with Crippen LogP contribution in [0.15, 0.2) is 54.9 Å². The van der Waals surface area contributed by atoms with Gasteiger partial charge in [0.05, 0.1) is 13.3 Å². The van der Waals surface area contributed by atoms with Crippen molar-refractivity contribution < 1.29 is 13.9 Å². The molecule has 0 spiro atoms. The number of amides is 1. The minimum Gasteiger partial charge on any atom is -0.497 e. The fourth-order valence-electron chi connectivity index (χ4n) is 3.57. The predicted molar refractivity (Wildman–Crippen MR) is 101 cm³/mol. The van der Waals surface area contributed by atoms with E-state index in [-0.39, 0.29) is 17.6 Å². The molecule has 138 valence electrons. The molecule has 1 N–H and O–H groups in total. The summed E-state index contributed by atoms with van der Waals surface area (Å²) >= 11 is 0. The molecule has 0 radical (unpaired) electrons. The van der Waals surface area contributed by atoms with E-state index in [2.05, 4.69) is 10.2 Å². The number of aromatic amines is 1. The van der Waals surface area contributed by atoms with Gasteiger partial charge in [-0.3, -0.25) is 9.89 Å². The second kappa shape index (κ2) is 7.23. The summed E-state index contributed by atoms with van der Waals surface area (Å²) in [6.07, 6.45) is 4.62. The molecule has 4 rings (SSSR count). The summed E-state index contributed by atoms with van der Waals surface area (Å²) in [6.45, 7) is 0.595. The van der Waals surface area contributed by atoms with Crippen LogP contribution in [0.1, 0.15) is 12.0 Å². The normalized spacial score (nSPS) is 16.7. The Hall–Kier alpha value is -3.15. The van der Waals surface area contributed by atoms with Crippen LogP contribution < -0.4 is 9.64 Å². The van der Waals surface area contributed by atoms with Crippen LogP contribution in [0.5, 0.6) is 5.75 Å². The molecule has 1 saturated heterocycles. The number of carbonyl (C=O) groups is 1. The van der Waals surface area contributed by atoms with Gasteiger partial charge in [-0.25, -0.2) is 4.39 Å². The highest BCUT2D eigenvalue weighted by Crippen LogP contribution is 2.31. The summed E-state index contributed by atoms with van der Waals surface area (Å²) in [6, 6.07) is 12.7. The van der Waals surface area contributed by atoms with Crippen molar-refractivity contribution in [3.63, 3.8) is 0 Å². The van der Waals surface area contributed by atoms with Crippen molar-refractivity contribution in [2.45, 2.75) is 12.8 Å². The molecule has 27 heavy (non-hydrogen) atoms. The summed E-state index contributed by atoms with van der Waals surface area (Å²) in [7, 11) is 1.63. The summed E-state index contributed by atoms with van der Waals surface area (Å²) < 4.78 is 19.8. The van der Waals surface area contributed by atoms with Crippen molar-refractivity contribution in [2.24, 2.45) is 5.92 Å². The molecule has 6 heteroatoms. The van der Waals surface area contributed by atoms with Gasteiger partial charge in [0.1, 0.15) is 11.6 Å². The van der Waals surface area contributed by atoms with Crippen LogP contribution in [0, 0.1) is 11.7 Å². The van der Waals surface area contributed by atoms with E-state index in [9.17, 15) is 9.18 Å². The Labute approximate surface area is 156 Å². The first-order valence-electron chi connectivity index (χ1n) is 8.88. The molecule has 0 saturated carbocycles. The lowest BCUT2D eigenvalue weighted by Crippen LogP contribution is -2.27. The molecule has 1 unspecified atom stereocenters. The molecule has 0 bridgehead atoms. The van der Waals surface area contributed by atoms with E-state index in [1.165, 1.54) is 6.07 Å². The molecular formula is C21H20FN3O2. The number of hydrogen-bond acceptors (Lipinski definition) is 3. The number of H-pyrrole nitrogens is 1. The number of nitrogens with zero attached hydrogens (tertiary/aromatic N) is 2. The summed E-state index contributed by atoms with van der Waals surface area (Å²) in [5.74, 6) is 0.353. The third-order valence-corrected chi connectivity index (χ3v) is 5.01. The molecule has 1 aromatic heterocycles. The van der Waals surface area contributed by atoms with Crippen LogP contribution in [-0.2, 0) is 11.2 Å². The number of nitrogens with one attached hydrogen (secondary N) is 1. The van der Waals surface area contributed by atoms with Crippen molar-refractivity contribution in [1.82, 2.24) is 10.2 Å². The molecule has 1 aliphatic rings. The van der Waals surface area contributed by atoms with Crippen LogP contribution in [-0.4, -0.2) is 29.8 Å². The second-order valence-corrected chi connectivity index (χ2v) is 6.68. The van der Waals surface area contributed by atoms with Crippen LogP contribution in [0.4, 0.5) is 10.1 Å². The molecule has 5 nitrogen and oxygen atoms in total. The number of anilines is 1. The van der Waals surface area contributed by atoms with Crippen molar-refractivity contribution in [2.75, 3.05) is 18.6 Å². The first kappa shape index (κ1) is 17.3. The molecule has 1 amide bonds. The Morgan fingerprint density at radius 2 is 2.19 bits per heavy atom. The van der Waals surface area contributed by atoms with Gasteiger partial charge in [-0.15, -0.1) is 0 Å². The third-order valence-electron chi connectivity index (χ3n) is 5.01. The molecule has 2 heterocycles. The third kappa shape index (κ3) is 3.43. The van der Waals surface area contributed by atoms with Gasteiger partial charge in [-0.2, -0.15) is 5.10 Å². The fourth-order valence-corrected chi connectivity index (χ4v) is 3.57. The minimum absolute atomic E-state index is 0.0354. The smallest absolute Gasteiger partial charge is 0.230 e. The highest BCUT2D eigenvalue weighted by Gasteiger charge is 2.32. The summed E-state index contributed by atoms with van der Waals surface area (Å²) in [5.41, 5.74) is 2.81. The molecule has 1 fully saturated rings.